The molecule has 0 unspecified atom stereocenters. The van der Waals surface area contributed by atoms with E-state index in [1.54, 1.807) is 43.3 Å². The highest BCUT2D eigenvalue weighted by Crippen LogP contribution is 2.36. The second-order valence-electron chi connectivity index (χ2n) is 6.34. The highest BCUT2D eigenvalue weighted by Gasteiger charge is 2.14. The van der Waals surface area contributed by atoms with Gasteiger partial charge in [0.05, 0.1) is 23.9 Å². The Morgan fingerprint density at radius 2 is 1.79 bits per heavy atom. The molecule has 1 amide bonds. The predicted molar refractivity (Wildman–Crippen MR) is 127 cm³/mol. The van der Waals surface area contributed by atoms with Crippen molar-refractivity contribution in [2.45, 2.75) is 13.8 Å². The molecule has 2 rings (SSSR count). The molecule has 0 spiro atoms. The molecule has 0 atom stereocenters. The minimum absolute atomic E-state index is 0.266. The smallest absolute Gasteiger partial charge is 0.341 e. The predicted octanol–water partition coefficient (Wildman–Crippen LogP) is 4.04. The first-order valence-corrected chi connectivity index (χ1v) is 10.8. The van der Waals surface area contributed by atoms with E-state index in [1.165, 1.54) is 6.21 Å². The number of amides is 1. The Bertz CT molecular complexity index is 1020. The molecule has 33 heavy (non-hydrogen) atoms. The molecule has 0 aliphatic carbocycles. The minimum Gasteiger partial charge on any atom is -0.490 e. The Morgan fingerprint density at radius 1 is 1.06 bits per heavy atom. The zero-order valence-corrected chi connectivity index (χ0v) is 19.9. The number of nitrogens with one attached hydrogen (secondary N) is 1. The molecule has 0 saturated carbocycles. The summed E-state index contributed by atoms with van der Waals surface area (Å²) in [6.07, 6.45) is 3.04. The van der Waals surface area contributed by atoms with Crippen LogP contribution in [-0.2, 0) is 4.79 Å². The van der Waals surface area contributed by atoms with Gasteiger partial charge < -0.3 is 24.1 Å². The molecular formula is C23H25BrN2O7. The molecule has 0 bridgehead atoms. The van der Waals surface area contributed by atoms with Crippen molar-refractivity contribution < 1.29 is 33.6 Å². The first-order chi connectivity index (χ1) is 15.9. The van der Waals surface area contributed by atoms with E-state index in [-0.39, 0.29) is 5.75 Å². The van der Waals surface area contributed by atoms with Crippen LogP contribution in [0.3, 0.4) is 0 Å². The Morgan fingerprint density at radius 3 is 2.45 bits per heavy atom. The molecule has 9 nitrogen and oxygen atoms in total. The summed E-state index contributed by atoms with van der Waals surface area (Å²) in [5, 5.41) is 12.8. The summed E-state index contributed by atoms with van der Waals surface area (Å²) in [4.78, 5) is 23.3. The minimum atomic E-state index is -1.11. The molecule has 176 valence electrons. The number of benzene rings is 2. The Hall–Kier alpha value is -3.53. The summed E-state index contributed by atoms with van der Waals surface area (Å²) in [6, 6.07) is 8.11. The lowest BCUT2D eigenvalue weighted by Gasteiger charge is -2.13. The maximum absolute atomic E-state index is 12.5. The molecule has 0 aliphatic rings. The van der Waals surface area contributed by atoms with Crippen molar-refractivity contribution in [3.63, 3.8) is 0 Å². The second-order valence-corrected chi connectivity index (χ2v) is 7.19. The van der Waals surface area contributed by atoms with Crippen LogP contribution in [0.5, 0.6) is 23.0 Å². The van der Waals surface area contributed by atoms with Crippen LogP contribution in [0, 0.1) is 0 Å². The number of aliphatic carboxylic acids is 1. The fourth-order valence-electron chi connectivity index (χ4n) is 2.61. The summed E-state index contributed by atoms with van der Waals surface area (Å²) in [6.45, 7) is 7.80. The van der Waals surface area contributed by atoms with Gasteiger partial charge in [-0.2, -0.15) is 5.10 Å². The van der Waals surface area contributed by atoms with Gasteiger partial charge in [0, 0.05) is 5.56 Å². The van der Waals surface area contributed by atoms with Crippen molar-refractivity contribution in [1.82, 2.24) is 5.43 Å². The number of hydrogen-bond donors (Lipinski definition) is 2. The lowest BCUT2D eigenvalue weighted by Crippen LogP contribution is -2.18. The van der Waals surface area contributed by atoms with Gasteiger partial charge in [0.1, 0.15) is 6.61 Å². The third kappa shape index (κ3) is 7.83. The van der Waals surface area contributed by atoms with Gasteiger partial charge in [-0.15, -0.1) is 0 Å². The van der Waals surface area contributed by atoms with Crippen LogP contribution in [-0.4, -0.2) is 49.6 Å². The van der Waals surface area contributed by atoms with Crippen molar-refractivity contribution in [3.05, 3.63) is 58.6 Å². The van der Waals surface area contributed by atoms with Crippen molar-refractivity contribution in [2.24, 2.45) is 5.10 Å². The third-order valence-corrected chi connectivity index (χ3v) is 4.50. The van der Waals surface area contributed by atoms with Crippen molar-refractivity contribution in [3.8, 4) is 23.0 Å². The molecule has 2 N–H and O–H groups in total. The normalized spacial score (nSPS) is 10.5. The number of ether oxygens (including phenoxy) is 4. The molecule has 0 radical (unpaired) electrons. The molecule has 10 heteroatoms. The van der Waals surface area contributed by atoms with Gasteiger partial charge in [0.15, 0.2) is 29.6 Å². The fraction of sp³-hybridized carbons (Fsp3) is 0.261. The number of carboxylic acids is 1. The maximum atomic E-state index is 12.5. The van der Waals surface area contributed by atoms with Gasteiger partial charge in [-0.25, -0.2) is 10.2 Å². The number of carboxylic acid groups (broad SMARTS) is 1. The SMILES string of the molecule is C=CCOc1ccc(C(=O)N/N=C/c2cc(Br)c(OCC(=O)O)c(OCC)c2)cc1OCC. The van der Waals surface area contributed by atoms with Crippen LogP contribution in [0.2, 0.25) is 0 Å². The molecule has 0 aliphatic heterocycles. The van der Waals surface area contributed by atoms with Crippen LogP contribution >= 0.6 is 15.9 Å². The maximum Gasteiger partial charge on any atom is 0.341 e. The number of nitrogens with zero attached hydrogens (tertiary/aromatic N) is 1. The van der Waals surface area contributed by atoms with E-state index in [0.717, 1.165) is 0 Å². The quantitative estimate of drug-likeness (QED) is 0.232. The summed E-state index contributed by atoms with van der Waals surface area (Å²) in [5.74, 6) is 0.0204. The van der Waals surface area contributed by atoms with Gasteiger partial charge in [-0.1, -0.05) is 12.7 Å². The van der Waals surface area contributed by atoms with Crippen molar-refractivity contribution in [2.75, 3.05) is 26.4 Å². The lowest BCUT2D eigenvalue weighted by molar-refractivity contribution is -0.139. The number of halogens is 1. The van der Waals surface area contributed by atoms with E-state index in [1.807, 2.05) is 6.92 Å². The largest absolute Gasteiger partial charge is 0.490 e. The third-order valence-electron chi connectivity index (χ3n) is 3.91. The molecule has 2 aromatic carbocycles. The summed E-state index contributed by atoms with van der Waals surface area (Å²) < 4.78 is 22.4. The van der Waals surface area contributed by atoms with Crippen LogP contribution < -0.4 is 24.4 Å². The Balaban J connectivity index is 2.15. The van der Waals surface area contributed by atoms with E-state index < -0.39 is 18.5 Å². The average Bonchev–Trinajstić information content (AvgIpc) is 2.77. The Kier molecular flexibility index (Phi) is 10.2. The van der Waals surface area contributed by atoms with Crippen LogP contribution in [0.25, 0.3) is 0 Å². The molecule has 0 aromatic heterocycles. The first kappa shape index (κ1) is 25.7. The van der Waals surface area contributed by atoms with Gasteiger partial charge in [-0.05, 0) is 65.7 Å². The average molecular weight is 521 g/mol. The number of hydrazone groups is 1. The van der Waals surface area contributed by atoms with Gasteiger partial charge in [-0.3, -0.25) is 4.79 Å². The van der Waals surface area contributed by atoms with Gasteiger partial charge in [0.25, 0.3) is 5.91 Å². The summed E-state index contributed by atoms with van der Waals surface area (Å²) in [7, 11) is 0. The van der Waals surface area contributed by atoms with E-state index in [4.69, 9.17) is 24.1 Å². The van der Waals surface area contributed by atoms with Crippen LogP contribution in [0.4, 0.5) is 0 Å². The highest BCUT2D eigenvalue weighted by molar-refractivity contribution is 9.10. The van der Waals surface area contributed by atoms with Crippen LogP contribution in [0.15, 0.2) is 52.6 Å². The van der Waals surface area contributed by atoms with E-state index >= 15 is 0 Å². The molecule has 0 heterocycles. The summed E-state index contributed by atoms with van der Waals surface area (Å²) in [5.41, 5.74) is 3.39. The zero-order chi connectivity index (χ0) is 24.2. The first-order valence-electron chi connectivity index (χ1n) is 10.0. The lowest BCUT2D eigenvalue weighted by atomic mass is 10.2. The standard InChI is InChI=1S/C23H25BrN2O7/c1-4-9-32-18-8-7-16(12-19(18)30-5-2)23(29)26-25-13-15-10-17(24)22(33-14-21(27)28)20(11-15)31-6-3/h4,7-8,10-13H,1,5-6,9,14H2,2-3H3,(H,26,29)(H,27,28)/b25-13+. The fourth-order valence-corrected chi connectivity index (χ4v) is 3.19. The monoisotopic (exact) mass is 520 g/mol. The van der Waals surface area contributed by atoms with E-state index in [0.29, 0.717) is 52.7 Å². The zero-order valence-electron chi connectivity index (χ0n) is 18.3. The molecule has 0 fully saturated rings. The molecule has 2 aromatic rings. The molecule has 0 saturated heterocycles. The Labute approximate surface area is 200 Å². The molecular weight excluding hydrogens is 496 g/mol. The van der Waals surface area contributed by atoms with E-state index in [2.05, 4.69) is 33.0 Å². The highest BCUT2D eigenvalue weighted by atomic mass is 79.9. The van der Waals surface area contributed by atoms with Gasteiger partial charge >= 0.3 is 5.97 Å². The number of carbonyl (C=O) groups excluding carboxylic acids is 1. The van der Waals surface area contributed by atoms with Gasteiger partial charge in [0.2, 0.25) is 0 Å². The number of carbonyl (C=O) groups is 2. The summed E-state index contributed by atoms with van der Waals surface area (Å²) >= 11 is 3.34. The second kappa shape index (κ2) is 13.1. The van der Waals surface area contributed by atoms with Crippen LogP contribution in [0.1, 0.15) is 29.8 Å². The number of rotatable bonds is 13. The van der Waals surface area contributed by atoms with Crippen molar-refractivity contribution >= 4 is 34.0 Å². The topological polar surface area (TPSA) is 116 Å². The van der Waals surface area contributed by atoms with Crippen molar-refractivity contribution in [1.29, 1.82) is 0 Å². The van der Waals surface area contributed by atoms with E-state index in [9.17, 15) is 9.59 Å². The number of hydrogen-bond acceptors (Lipinski definition) is 7.